The van der Waals surface area contributed by atoms with E-state index < -0.39 is 11.9 Å². The molecule has 0 rings (SSSR count). The van der Waals surface area contributed by atoms with Crippen LogP contribution < -0.4 is 10.6 Å². The van der Waals surface area contributed by atoms with Gasteiger partial charge in [-0.05, 0) is 12.8 Å². The van der Waals surface area contributed by atoms with Crippen molar-refractivity contribution < 1.29 is 28.7 Å². The fourth-order valence-electron chi connectivity index (χ4n) is 1.94. The molecule has 0 aromatic rings. The summed E-state index contributed by atoms with van der Waals surface area (Å²) in [4.78, 5) is 44.3. The third kappa shape index (κ3) is 13.5. The number of amides is 2. The van der Waals surface area contributed by atoms with E-state index >= 15 is 0 Å². The van der Waals surface area contributed by atoms with Crippen molar-refractivity contribution in [3.05, 3.63) is 0 Å². The van der Waals surface area contributed by atoms with Gasteiger partial charge in [-0.25, -0.2) is 0 Å². The lowest BCUT2D eigenvalue weighted by molar-refractivity contribution is -0.145. The van der Waals surface area contributed by atoms with Crippen molar-refractivity contribution in [2.24, 2.45) is 0 Å². The number of ether oxygens (including phenoxy) is 2. The molecule has 8 nitrogen and oxygen atoms in total. The van der Waals surface area contributed by atoms with Crippen LogP contribution in [0.25, 0.3) is 0 Å². The molecular formula is C16H28N2O6. The molecule has 0 spiro atoms. The molecule has 0 atom stereocenters. The first-order valence-corrected chi connectivity index (χ1v) is 8.16. The quantitative estimate of drug-likeness (QED) is 0.289. The number of nitrogens with one attached hydrogen (secondary N) is 2. The van der Waals surface area contributed by atoms with Gasteiger partial charge < -0.3 is 20.1 Å². The van der Waals surface area contributed by atoms with Crippen molar-refractivity contribution in [2.45, 2.75) is 51.4 Å². The first-order valence-electron chi connectivity index (χ1n) is 8.16. The maximum atomic E-state index is 11.3. The highest BCUT2D eigenvalue weighted by Gasteiger charge is 2.08. The lowest BCUT2D eigenvalue weighted by Gasteiger charge is -2.05. The number of methoxy groups -OCH3 is 2. The highest BCUT2D eigenvalue weighted by molar-refractivity contribution is 5.94. The standard InChI is InChI=1S/C16H28N2O6/c1-23-15(21)11-13(19)17-9-7-5-3-4-6-8-10-18-14(20)12-16(22)24-2/h3-12H2,1-2H3,(H,17,19)(H,18,20). The van der Waals surface area contributed by atoms with Crippen molar-refractivity contribution in [1.82, 2.24) is 10.6 Å². The van der Waals surface area contributed by atoms with Crippen molar-refractivity contribution in [2.75, 3.05) is 27.3 Å². The van der Waals surface area contributed by atoms with Gasteiger partial charge in [0.1, 0.15) is 12.8 Å². The molecule has 0 bridgehead atoms. The summed E-state index contributed by atoms with van der Waals surface area (Å²) >= 11 is 0. The lowest BCUT2D eigenvalue weighted by atomic mass is 10.1. The minimum atomic E-state index is -0.536. The molecule has 0 aromatic heterocycles. The van der Waals surface area contributed by atoms with Crippen LogP contribution in [0.4, 0.5) is 0 Å². The Labute approximate surface area is 142 Å². The molecule has 2 amide bonds. The molecule has 0 aliphatic heterocycles. The van der Waals surface area contributed by atoms with Crippen molar-refractivity contribution in [1.29, 1.82) is 0 Å². The van der Waals surface area contributed by atoms with Crippen molar-refractivity contribution in [3.8, 4) is 0 Å². The van der Waals surface area contributed by atoms with E-state index in [2.05, 4.69) is 20.1 Å². The van der Waals surface area contributed by atoms with Crippen LogP contribution in [0.15, 0.2) is 0 Å². The average Bonchev–Trinajstić information content (AvgIpc) is 2.56. The summed E-state index contributed by atoms with van der Waals surface area (Å²) < 4.78 is 8.81. The van der Waals surface area contributed by atoms with Crippen molar-refractivity contribution >= 4 is 23.8 Å². The van der Waals surface area contributed by atoms with Crippen LogP contribution in [-0.2, 0) is 28.7 Å². The molecule has 0 saturated carbocycles. The largest absolute Gasteiger partial charge is 0.469 e. The van der Waals surface area contributed by atoms with Gasteiger partial charge in [-0.1, -0.05) is 25.7 Å². The maximum Gasteiger partial charge on any atom is 0.315 e. The van der Waals surface area contributed by atoms with Gasteiger partial charge in [0.15, 0.2) is 0 Å². The molecule has 0 radical (unpaired) electrons. The third-order valence-corrected chi connectivity index (χ3v) is 3.31. The molecule has 0 aliphatic carbocycles. The number of hydrogen-bond donors (Lipinski definition) is 2. The Morgan fingerprint density at radius 2 is 0.958 bits per heavy atom. The van der Waals surface area contributed by atoms with Crippen LogP contribution in [0.3, 0.4) is 0 Å². The Kier molecular flexibility index (Phi) is 13.2. The number of esters is 2. The molecule has 24 heavy (non-hydrogen) atoms. The molecule has 0 unspecified atom stereocenters. The normalized spacial score (nSPS) is 9.92. The molecule has 8 heteroatoms. The molecule has 138 valence electrons. The number of carbonyl (C=O) groups is 4. The van der Waals surface area contributed by atoms with Crippen LogP contribution >= 0.6 is 0 Å². The summed E-state index contributed by atoms with van der Waals surface area (Å²) in [5.74, 6) is -1.70. The summed E-state index contributed by atoms with van der Waals surface area (Å²) in [5, 5.41) is 5.33. The van der Waals surface area contributed by atoms with Crippen LogP contribution in [-0.4, -0.2) is 51.1 Å². The van der Waals surface area contributed by atoms with Gasteiger partial charge in [-0.15, -0.1) is 0 Å². The second-order valence-electron chi connectivity index (χ2n) is 5.33. The van der Waals surface area contributed by atoms with Gasteiger partial charge >= 0.3 is 11.9 Å². The highest BCUT2D eigenvalue weighted by Crippen LogP contribution is 2.04. The molecule has 0 aliphatic rings. The number of hydrogen-bond acceptors (Lipinski definition) is 6. The van der Waals surface area contributed by atoms with E-state index in [1.54, 1.807) is 0 Å². The zero-order valence-electron chi connectivity index (χ0n) is 14.5. The SMILES string of the molecule is COC(=O)CC(=O)NCCCCCCCCNC(=O)CC(=O)OC. The molecule has 0 fully saturated rings. The van der Waals surface area contributed by atoms with E-state index in [0.29, 0.717) is 13.1 Å². The fourth-order valence-corrected chi connectivity index (χ4v) is 1.94. The monoisotopic (exact) mass is 344 g/mol. The van der Waals surface area contributed by atoms with E-state index in [4.69, 9.17) is 0 Å². The van der Waals surface area contributed by atoms with Gasteiger partial charge in [0.05, 0.1) is 14.2 Å². The Bertz CT molecular complexity index is 373. The molecule has 0 saturated heterocycles. The van der Waals surface area contributed by atoms with E-state index in [0.717, 1.165) is 38.5 Å². The van der Waals surface area contributed by atoms with E-state index in [1.165, 1.54) is 14.2 Å². The molecule has 0 aromatic carbocycles. The average molecular weight is 344 g/mol. The van der Waals surface area contributed by atoms with E-state index in [9.17, 15) is 19.2 Å². The Morgan fingerprint density at radius 3 is 1.29 bits per heavy atom. The van der Waals surface area contributed by atoms with Gasteiger partial charge in [0, 0.05) is 13.1 Å². The predicted molar refractivity (Wildman–Crippen MR) is 87.0 cm³/mol. The minimum Gasteiger partial charge on any atom is -0.469 e. The second-order valence-corrected chi connectivity index (χ2v) is 5.33. The zero-order valence-corrected chi connectivity index (χ0v) is 14.5. The Hall–Kier alpha value is -2.12. The van der Waals surface area contributed by atoms with Gasteiger partial charge in [0.2, 0.25) is 11.8 Å². The second kappa shape index (κ2) is 14.5. The van der Waals surface area contributed by atoms with Crippen molar-refractivity contribution in [3.63, 3.8) is 0 Å². The van der Waals surface area contributed by atoms with Gasteiger partial charge in [-0.2, -0.15) is 0 Å². The summed E-state index contributed by atoms with van der Waals surface area (Å²) in [6.07, 6.45) is 5.33. The number of unbranched alkanes of at least 4 members (excludes halogenated alkanes) is 5. The lowest BCUT2D eigenvalue weighted by Crippen LogP contribution is -2.27. The van der Waals surface area contributed by atoms with E-state index in [-0.39, 0.29) is 24.7 Å². The first kappa shape index (κ1) is 21.9. The highest BCUT2D eigenvalue weighted by atomic mass is 16.5. The summed E-state index contributed by atoms with van der Waals surface area (Å²) in [6.45, 7) is 1.11. The first-order chi connectivity index (χ1) is 11.5. The Balaban J connectivity index is 3.34. The topological polar surface area (TPSA) is 111 Å². The molecule has 0 heterocycles. The summed E-state index contributed by atoms with van der Waals surface area (Å²) in [7, 11) is 2.50. The number of rotatable bonds is 13. The Morgan fingerprint density at radius 1 is 0.625 bits per heavy atom. The zero-order chi connectivity index (χ0) is 18.2. The molecular weight excluding hydrogens is 316 g/mol. The third-order valence-electron chi connectivity index (χ3n) is 3.31. The molecule has 2 N–H and O–H groups in total. The summed E-state index contributed by atoms with van der Waals surface area (Å²) in [6, 6.07) is 0. The van der Waals surface area contributed by atoms with E-state index in [1.807, 2.05) is 0 Å². The smallest absolute Gasteiger partial charge is 0.315 e. The van der Waals surface area contributed by atoms with Gasteiger partial charge in [0.25, 0.3) is 0 Å². The summed E-state index contributed by atoms with van der Waals surface area (Å²) in [5.41, 5.74) is 0. The van der Waals surface area contributed by atoms with Crippen LogP contribution in [0, 0.1) is 0 Å². The predicted octanol–water partition coefficient (Wildman–Crippen LogP) is 0.686. The number of carbonyl (C=O) groups excluding carboxylic acids is 4. The van der Waals surface area contributed by atoms with Crippen LogP contribution in [0.2, 0.25) is 0 Å². The van der Waals surface area contributed by atoms with Gasteiger partial charge in [-0.3, -0.25) is 19.2 Å². The van der Waals surface area contributed by atoms with Crippen LogP contribution in [0.5, 0.6) is 0 Å². The fraction of sp³-hybridized carbons (Fsp3) is 0.750. The minimum absolute atomic E-state index is 0.238. The maximum absolute atomic E-state index is 11.3. The van der Waals surface area contributed by atoms with Crippen LogP contribution in [0.1, 0.15) is 51.4 Å².